The molecular weight excluding hydrogens is 218 g/mol. The second-order valence-corrected chi connectivity index (χ2v) is 3.70. The van der Waals surface area contributed by atoms with Crippen molar-refractivity contribution in [1.82, 2.24) is 15.3 Å². The SMILES string of the molecule is C=C(NCc1ccc2[nH]c(=O)[nH]c2c1)C(=N)N. The van der Waals surface area contributed by atoms with Gasteiger partial charge in [0.1, 0.15) is 5.84 Å². The minimum Gasteiger partial charge on any atom is -0.382 e. The van der Waals surface area contributed by atoms with Crippen LogP contribution in [0, 0.1) is 5.41 Å². The molecule has 6 heteroatoms. The standard InChI is InChI=1S/C11H13N5O/c1-6(10(12)13)14-5-7-2-3-8-9(4-7)16-11(17)15-8/h2-4,14H,1,5H2,(H3,12,13)(H2,15,16,17). The summed E-state index contributed by atoms with van der Waals surface area (Å²) >= 11 is 0. The van der Waals surface area contributed by atoms with Crippen molar-refractivity contribution >= 4 is 16.9 Å². The Balaban J connectivity index is 2.16. The summed E-state index contributed by atoms with van der Waals surface area (Å²) in [5.41, 5.74) is 7.91. The zero-order valence-corrected chi connectivity index (χ0v) is 9.13. The van der Waals surface area contributed by atoms with Gasteiger partial charge in [0.25, 0.3) is 0 Å². The summed E-state index contributed by atoms with van der Waals surface area (Å²) in [6, 6.07) is 5.56. The molecule has 0 bridgehead atoms. The highest BCUT2D eigenvalue weighted by Gasteiger charge is 2.01. The molecule has 6 nitrogen and oxygen atoms in total. The first-order chi connectivity index (χ1) is 8.06. The molecule has 1 heterocycles. The highest BCUT2D eigenvalue weighted by Crippen LogP contribution is 2.10. The Morgan fingerprint density at radius 1 is 1.41 bits per heavy atom. The van der Waals surface area contributed by atoms with Gasteiger partial charge in [0, 0.05) is 6.54 Å². The molecule has 0 aliphatic heterocycles. The molecule has 0 amide bonds. The number of imidazole rings is 1. The molecule has 0 spiro atoms. The number of H-pyrrole nitrogens is 2. The molecule has 0 aliphatic carbocycles. The third-order valence-electron chi connectivity index (χ3n) is 2.41. The maximum absolute atomic E-state index is 11.1. The number of aromatic nitrogens is 2. The van der Waals surface area contributed by atoms with E-state index in [1.807, 2.05) is 18.2 Å². The van der Waals surface area contributed by atoms with Crippen LogP contribution in [0.5, 0.6) is 0 Å². The summed E-state index contributed by atoms with van der Waals surface area (Å²) in [5.74, 6) is -0.0823. The van der Waals surface area contributed by atoms with E-state index in [2.05, 4.69) is 21.9 Å². The lowest BCUT2D eigenvalue weighted by Crippen LogP contribution is -2.24. The molecular formula is C11H13N5O. The fourth-order valence-electron chi connectivity index (χ4n) is 1.49. The van der Waals surface area contributed by atoms with Crippen LogP contribution < -0.4 is 16.7 Å². The maximum Gasteiger partial charge on any atom is 0.323 e. The summed E-state index contributed by atoms with van der Waals surface area (Å²) in [7, 11) is 0. The Morgan fingerprint density at radius 2 is 2.12 bits per heavy atom. The Morgan fingerprint density at radius 3 is 2.82 bits per heavy atom. The number of rotatable bonds is 4. The molecule has 1 aromatic carbocycles. The minimum atomic E-state index is -0.224. The molecule has 0 saturated carbocycles. The summed E-state index contributed by atoms with van der Waals surface area (Å²) in [4.78, 5) is 16.4. The number of nitrogens with two attached hydrogens (primary N) is 1. The van der Waals surface area contributed by atoms with Crippen LogP contribution in [0.1, 0.15) is 5.56 Å². The molecule has 0 radical (unpaired) electrons. The van der Waals surface area contributed by atoms with Gasteiger partial charge in [-0.05, 0) is 17.7 Å². The van der Waals surface area contributed by atoms with Crippen LogP contribution in [-0.4, -0.2) is 15.8 Å². The molecule has 0 unspecified atom stereocenters. The van der Waals surface area contributed by atoms with Gasteiger partial charge in [-0.15, -0.1) is 0 Å². The first kappa shape index (κ1) is 11.0. The van der Waals surface area contributed by atoms with Crippen molar-refractivity contribution in [3.63, 3.8) is 0 Å². The van der Waals surface area contributed by atoms with Crippen molar-refractivity contribution in [1.29, 1.82) is 5.41 Å². The van der Waals surface area contributed by atoms with Gasteiger partial charge in [0.05, 0.1) is 16.7 Å². The van der Waals surface area contributed by atoms with E-state index in [0.717, 1.165) is 16.6 Å². The van der Waals surface area contributed by atoms with Gasteiger partial charge in [0.15, 0.2) is 0 Å². The van der Waals surface area contributed by atoms with Crippen LogP contribution >= 0.6 is 0 Å². The minimum absolute atomic E-state index is 0.0823. The molecule has 0 fully saturated rings. The zero-order chi connectivity index (χ0) is 12.4. The van der Waals surface area contributed by atoms with Crippen LogP contribution in [0.4, 0.5) is 0 Å². The van der Waals surface area contributed by atoms with Gasteiger partial charge < -0.3 is 21.0 Å². The average molecular weight is 231 g/mol. The largest absolute Gasteiger partial charge is 0.382 e. The lowest BCUT2D eigenvalue weighted by atomic mass is 10.2. The summed E-state index contributed by atoms with van der Waals surface area (Å²) in [5, 5.41) is 10.1. The topological polar surface area (TPSA) is 111 Å². The Hall–Kier alpha value is -2.50. The smallest absolute Gasteiger partial charge is 0.323 e. The van der Waals surface area contributed by atoms with Crippen molar-refractivity contribution in [2.75, 3.05) is 0 Å². The summed E-state index contributed by atoms with van der Waals surface area (Å²) < 4.78 is 0. The number of amidine groups is 1. The number of fused-ring (bicyclic) bond motifs is 1. The van der Waals surface area contributed by atoms with Crippen molar-refractivity contribution in [2.24, 2.45) is 5.73 Å². The quantitative estimate of drug-likeness (QED) is 0.388. The van der Waals surface area contributed by atoms with Gasteiger partial charge in [-0.25, -0.2) is 4.79 Å². The third-order valence-corrected chi connectivity index (χ3v) is 2.41. The third kappa shape index (κ3) is 2.36. The van der Waals surface area contributed by atoms with Gasteiger partial charge in [-0.2, -0.15) is 0 Å². The highest BCUT2D eigenvalue weighted by molar-refractivity contribution is 5.93. The average Bonchev–Trinajstić information content (AvgIpc) is 2.64. The van der Waals surface area contributed by atoms with Crippen LogP contribution in [0.3, 0.4) is 0 Å². The van der Waals surface area contributed by atoms with Crippen LogP contribution in [0.15, 0.2) is 35.3 Å². The molecule has 88 valence electrons. The highest BCUT2D eigenvalue weighted by atomic mass is 16.1. The fourth-order valence-corrected chi connectivity index (χ4v) is 1.49. The Kier molecular flexibility index (Phi) is 2.70. The van der Waals surface area contributed by atoms with Crippen LogP contribution in [0.25, 0.3) is 11.0 Å². The second kappa shape index (κ2) is 4.17. The fraction of sp³-hybridized carbons (Fsp3) is 0.0909. The van der Waals surface area contributed by atoms with E-state index >= 15 is 0 Å². The number of hydrogen-bond donors (Lipinski definition) is 5. The monoisotopic (exact) mass is 231 g/mol. The first-order valence-corrected chi connectivity index (χ1v) is 5.04. The van der Waals surface area contributed by atoms with E-state index in [1.165, 1.54) is 0 Å². The lowest BCUT2D eigenvalue weighted by molar-refractivity contribution is 0.844. The van der Waals surface area contributed by atoms with Crippen molar-refractivity contribution in [2.45, 2.75) is 6.54 Å². The molecule has 6 N–H and O–H groups in total. The second-order valence-electron chi connectivity index (χ2n) is 3.70. The van der Waals surface area contributed by atoms with E-state index in [0.29, 0.717) is 12.2 Å². The van der Waals surface area contributed by atoms with Crippen molar-refractivity contribution in [3.8, 4) is 0 Å². The maximum atomic E-state index is 11.1. The zero-order valence-electron chi connectivity index (χ0n) is 9.13. The summed E-state index contributed by atoms with van der Waals surface area (Å²) in [6.45, 7) is 4.11. The first-order valence-electron chi connectivity index (χ1n) is 5.04. The van der Waals surface area contributed by atoms with E-state index in [4.69, 9.17) is 11.1 Å². The van der Waals surface area contributed by atoms with Gasteiger partial charge >= 0.3 is 5.69 Å². The van der Waals surface area contributed by atoms with E-state index < -0.39 is 0 Å². The number of nitrogens with one attached hydrogen (secondary N) is 4. The van der Waals surface area contributed by atoms with Crippen LogP contribution in [-0.2, 0) is 6.54 Å². The predicted octanol–water partition coefficient (Wildman–Crippen LogP) is 0.395. The molecule has 17 heavy (non-hydrogen) atoms. The van der Waals surface area contributed by atoms with Gasteiger partial charge in [-0.1, -0.05) is 12.6 Å². The normalized spacial score (nSPS) is 10.4. The van der Waals surface area contributed by atoms with Gasteiger partial charge in [0.2, 0.25) is 0 Å². The molecule has 2 rings (SSSR count). The predicted molar refractivity (Wildman–Crippen MR) is 66.8 cm³/mol. The van der Waals surface area contributed by atoms with Crippen LogP contribution in [0.2, 0.25) is 0 Å². The Bertz CT molecular complexity index is 637. The summed E-state index contributed by atoms with van der Waals surface area (Å²) in [6.07, 6.45) is 0. The van der Waals surface area contributed by atoms with E-state index in [9.17, 15) is 4.79 Å². The molecule has 2 aromatic rings. The number of benzene rings is 1. The Labute approximate surface area is 97.0 Å². The molecule has 0 atom stereocenters. The van der Waals surface area contributed by atoms with E-state index in [1.54, 1.807) is 0 Å². The number of hydrogen-bond acceptors (Lipinski definition) is 3. The van der Waals surface area contributed by atoms with Crippen molar-refractivity contribution < 1.29 is 0 Å². The van der Waals surface area contributed by atoms with Gasteiger partial charge in [-0.3, -0.25) is 5.41 Å². The van der Waals surface area contributed by atoms with Crippen molar-refractivity contribution in [3.05, 3.63) is 46.5 Å². The van der Waals surface area contributed by atoms with E-state index in [-0.39, 0.29) is 11.5 Å². The molecule has 0 saturated heterocycles. The molecule has 0 aliphatic rings. The molecule has 1 aromatic heterocycles. The lowest BCUT2D eigenvalue weighted by Gasteiger charge is -2.07. The number of aromatic amines is 2.